The van der Waals surface area contributed by atoms with Gasteiger partial charge in [-0.05, 0) is 18.2 Å². The van der Waals surface area contributed by atoms with Gasteiger partial charge >= 0.3 is 0 Å². The van der Waals surface area contributed by atoms with Crippen LogP contribution in [0.3, 0.4) is 0 Å². The van der Waals surface area contributed by atoms with Crippen molar-refractivity contribution in [2.45, 2.75) is 6.29 Å². The molecule has 2 heterocycles. The Bertz CT molecular complexity index is 478. The maximum atomic E-state index is 5.41. The highest BCUT2D eigenvalue weighted by atomic mass is 31.1. The van der Waals surface area contributed by atoms with Crippen molar-refractivity contribution in [3.8, 4) is 0 Å². The van der Waals surface area contributed by atoms with Gasteiger partial charge < -0.3 is 28.0 Å². The van der Waals surface area contributed by atoms with Gasteiger partial charge in [0.25, 0.3) is 5.95 Å². The predicted octanol–water partition coefficient (Wildman–Crippen LogP) is 3.46. The molecule has 0 saturated carbocycles. The molecule has 2 rings (SSSR count). The second-order valence-corrected chi connectivity index (χ2v) is 5.81. The van der Waals surface area contributed by atoms with E-state index in [2.05, 4.69) is 4.52 Å². The average Bonchev–Trinajstić information content (AvgIpc) is 2.61. The Morgan fingerprint density at radius 2 is 2.22 bits per heavy atom. The fourth-order valence-electron chi connectivity index (χ4n) is 1.48. The molecule has 2 unspecified atom stereocenters. The molecular weight excluding hydrogens is 340 g/mol. The Balaban J connectivity index is 1.36. The third-order valence-electron chi connectivity index (χ3n) is 2.45. The topological polar surface area (TPSA) is 67.7 Å². The Kier molecular flexibility index (Phi) is 9.63. The van der Waals surface area contributed by atoms with Gasteiger partial charge in [-0.3, -0.25) is 0 Å². The summed E-state index contributed by atoms with van der Waals surface area (Å²) >= 11 is 0. The van der Waals surface area contributed by atoms with Crippen LogP contribution in [-0.2, 0) is 28.0 Å². The fraction of sp³-hybridized carbons (Fsp3) is 0.429. The van der Waals surface area contributed by atoms with Crippen LogP contribution in [0.25, 0.3) is 0 Å². The molecule has 0 aliphatic carbocycles. The average molecular weight is 359 g/mol. The van der Waals surface area contributed by atoms with E-state index in [4.69, 9.17) is 28.0 Å². The van der Waals surface area contributed by atoms with Crippen LogP contribution < -0.4 is 0 Å². The van der Waals surface area contributed by atoms with E-state index < -0.39 is 0 Å². The van der Waals surface area contributed by atoms with E-state index in [0.717, 1.165) is 0 Å². The highest BCUT2D eigenvalue weighted by Gasteiger charge is 2.04. The van der Waals surface area contributed by atoms with Crippen molar-refractivity contribution >= 4 is 17.6 Å². The van der Waals surface area contributed by atoms with E-state index in [1.807, 2.05) is 24.3 Å². The SMILES string of the molecule is C1=CCOC(OCCOP=NPOCCOC2C=CC=CO2)=C1. The van der Waals surface area contributed by atoms with Gasteiger partial charge in [0.15, 0.2) is 8.60 Å². The first-order valence-corrected chi connectivity index (χ1v) is 8.69. The first-order valence-electron chi connectivity index (χ1n) is 7.07. The molecule has 0 N–H and O–H groups in total. The first kappa shape index (κ1) is 18.1. The molecule has 0 radical (unpaired) electrons. The smallest absolute Gasteiger partial charge is 0.279 e. The number of hydrogen-bond acceptors (Lipinski definition) is 7. The molecule has 0 aromatic rings. The van der Waals surface area contributed by atoms with Gasteiger partial charge in [0.2, 0.25) is 6.29 Å². The van der Waals surface area contributed by atoms with Gasteiger partial charge in [0, 0.05) is 6.08 Å². The number of ether oxygens (including phenoxy) is 4. The maximum absolute atomic E-state index is 5.41. The van der Waals surface area contributed by atoms with Crippen LogP contribution in [-0.4, -0.2) is 39.3 Å². The van der Waals surface area contributed by atoms with Crippen molar-refractivity contribution in [3.05, 3.63) is 48.7 Å². The molecule has 9 heteroatoms. The van der Waals surface area contributed by atoms with Gasteiger partial charge in [-0.15, -0.1) is 0 Å². The predicted molar refractivity (Wildman–Crippen MR) is 87.8 cm³/mol. The third kappa shape index (κ3) is 8.84. The Labute approximate surface area is 138 Å². The van der Waals surface area contributed by atoms with Gasteiger partial charge in [-0.2, -0.15) is 4.52 Å². The van der Waals surface area contributed by atoms with Crippen molar-refractivity contribution in [2.75, 3.05) is 33.0 Å². The first-order chi connectivity index (χ1) is 11.4. The normalized spacial score (nSPS) is 20.0. The minimum atomic E-state index is -0.330. The molecule has 2 atom stereocenters. The Hall–Kier alpha value is -1.23. The quantitative estimate of drug-likeness (QED) is 0.416. The summed E-state index contributed by atoms with van der Waals surface area (Å²) in [5.41, 5.74) is 0. The highest BCUT2D eigenvalue weighted by molar-refractivity contribution is 7.39. The summed E-state index contributed by atoms with van der Waals surface area (Å²) in [5.74, 6) is 0.516. The van der Waals surface area contributed by atoms with E-state index >= 15 is 0 Å². The summed E-state index contributed by atoms with van der Waals surface area (Å²) in [5, 5.41) is 0. The van der Waals surface area contributed by atoms with Gasteiger partial charge in [0.05, 0.1) is 26.1 Å². The van der Waals surface area contributed by atoms with E-state index in [9.17, 15) is 0 Å². The zero-order valence-electron chi connectivity index (χ0n) is 12.5. The molecule has 0 spiro atoms. The largest absolute Gasteiger partial charge is 0.469 e. The van der Waals surface area contributed by atoms with Gasteiger partial charge in [-0.25, -0.2) is 0 Å². The summed E-state index contributed by atoms with van der Waals surface area (Å²) in [6, 6.07) is 0. The van der Waals surface area contributed by atoms with Crippen molar-refractivity contribution in [1.29, 1.82) is 0 Å². The van der Waals surface area contributed by atoms with E-state index in [1.54, 1.807) is 18.4 Å². The van der Waals surface area contributed by atoms with Crippen LogP contribution in [0.4, 0.5) is 0 Å². The molecule has 0 bridgehead atoms. The van der Waals surface area contributed by atoms with Crippen molar-refractivity contribution < 1.29 is 28.0 Å². The molecule has 0 amide bonds. The van der Waals surface area contributed by atoms with Crippen molar-refractivity contribution in [2.24, 2.45) is 4.52 Å². The second kappa shape index (κ2) is 12.2. The zero-order valence-corrected chi connectivity index (χ0v) is 14.4. The zero-order chi connectivity index (χ0) is 16.0. The Morgan fingerprint density at radius 3 is 3.04 bits per heavy atom. The van der Waals surface area contributed by atoms with E-state index in [-0.39, 0.29) is 15.2 Å². The Morgan fingerprint density at radius 1 is 1.22 bits per heavy atom. The summed E-state index contributed by atoms with van der Waals surface area (Å²) in [6.45, 7) is 2.30. The van der Waals surface area contributed by atoms with E-state index in [0.29, 0.717) is 47.6 Å². The molecular formula is C14H19NO6P2. The molecule has 2 aliphatic heterocycles. The molecule has 0 fully saturated rings. The van der Waals surface area contributed by atoms with Crippen LogP contribution in [0.15, 0.2) is 53.2 Å². The molecule has 23 heavy (non-hydrogen) atoms. The van der Waals surface area contributed by atoms with Crippen LogP contribution >= 0.6 is 17.6 Å². The van der Waals surface area contributed by atoms with Crippen molar-refractivity contribution in [1.82, 2.24) is 0 Å². The van der Waals surface area contributed by atoms with Crippen LogP contribution in [0.5, 0.6) is 0 Å². The fourth-order valence-corrected chi connectivity index (χ4v) is 2.41. The minimum absolute atomic E-state index is 0.0165. The number of rotatable bonds is 11. The number of hydrogen-bond donors (Lipinski definition) is 0. The molecule has 2 aliphatic rings. The standard InChI is InChI=1S/C14H19NO6P2/c1-3-7-16-13(5-1)18-9-11-20-22-15-23-21-12-10-19-14-6-2-4-8-17-14/h1-7,13,22H,8-12H2. The van der Waals surface area contributed by atoms with Gasteiger partial charge in [0.1, 0.15) is 22.2 Å². The molecule has 0 aromatic heterocycles. The van der Waals surface area contributed by atoms with E-state index in [1.165, 1.54) is 0 Å². The summed E-state index contributed by atoms with van der Waals surface area (Å²) in [6.07, 6.45) is 12.3. The monoisotopic (exact) mass is 359 g/mol. The second-order valence-electron chi connectivity index (χ2n) is 4.12. The third-order valence-corrected chi connectivity index (χ3v) is 3.74. The summed E-state index contributed by atoms with van der Waals surface area (Å²) in [7, 11) is 0.536. The molecule has 0 aromatic carbocycles. The molecule has 7 nitrogen and oxygen atoms in total. The lowest BCUT2D eigenvalue weighted by Gasteiger charge is -2.15. The lowest BCUT2D eigenvalue weighted by atomic mass is 10.4. The maximum Gasteiger partial charge on any atom is 0.279 e. The highest BCUT2D eigenvalue weighted by Crippen LogP contribution is 2.20. The minimum Gasteiger partial charge on any atom is -0.469 e. The molecule has 126 valence electrons. The van der Waals surface area contributed by atoms with Crippen LogP contribution in [0, 0.1) is 0 Å². The molecule has 0 saturated heterocycles. The summed E-state index contributed by atoms with van der Waals surface area (Å²) < 4.78 is 35.8. The van der Waals surface area contributed by atoms with Crippen LogP contribution in [0.1, 0.15) is 0 Å². The summed E-state index contributed by atoms with van der Waals surface area (Å²) in [4.78, 5) is 0. The lowest BCUT2D eigenvalue weighted by Crippen LogP contribution is -2.15. The lowest BCUT2D eigenvalue weighted by molar-refractivity contribution is -0.0798. The van der Waals surface area contributed by atoms with Crippen LogP contribution in [0.2, 0.25) is 0 Å². The van der Waals surface area contributed by atoms with Crippen molar-refractivity contribution in [3.63, 3.8) is 0 Å². The number of nitrogens with zero attached hydrogens (tertiary/aromatic N) is 1. The number of allylic oxidation sites excluding steroid dienone is 4. The van der Waals surface area contributed by atoms with Gasteiger partial charge in [-0.1, -0.05) is 12.2 Å².